The van der Waals surface area contributed by atoms with Gasteiger partial charge in [-0.15, -0.1) is 11.8 Å². The number of hydrogen-bond donors (Lipinski definition) is 1. The van der Waals surface area contributed by atoms with Gasteiger partial charge in [-0.2, -0.15) is 5.26 Å². The smallest absolute Gasteiger partial charge is 0.231 e. The molecule has 0 unspecified atom stereocenters. The summed E-state index contributed by atoms with van der Waals surface area (Å²) in [4.78, 5) is 13.3. The molecule has 5 heteroatoms. The van der Waals surface area contributed by atoms with Gasteiger partial charge in [0.05, 0.1) is 23.1 Å². The number of carbonyl (C=O) groups is 1. The molecule has 3 rings (SSSR count). The topological polar surface area (TPSA) is 80.0 Å². The molecular formula is C17H12N2O2S. The number of nitrogen functional groups attached to an aromatic ring is 1. The van der Waals surface area contributed by atoms with Crippen LogP contribution in [-0.4, -0.2) is 12.0 Å². The first-order chi connectivity index (χ1) is 10.7. The molecule has 4 nitrogen and oxygen atoms in total. The maximum absolute atomic E-state index is 12.7. The Hall–Kier alpha value is -2.71. The Morgan fingerprint density at radius 2 is 1.95 bits per heavy atom. The lowest BCUT2D eigenvalue weighted by atomic mass is 9.96. The molecule has 2 N–H and O–H groups in total. The molecule has 1 aromatic heterocycles. The number of furan rings is 1. The fraction of sp³-hybridized carbons (Fsp3) is 0.0588. The van der Waals surface area contributed by atoms with Gasteiger partial charge in [-0.05, 0) is 18.4 Å². The van der Waals surface area contributed by atoms with Crippen LogP contribution in [-0.2, 0) is 0 Å². The van der Waals surface area contributed by atoms with Crippen LogP contribution in [0.3, 0.4) is 0 Å². The summed E-state index contributed by atoms with van der Waals surface area (Å²) in [5.74, 6) is -0.102. The summed E-state index contributed by atoms with van der Waals surface area (Å²) in [6.07, 6.45) is 3.26. The van der Waals surface area contributed by atoms with Crippen molar-refractivity contribution >= 4 is 34.0 Å². The molecule has 108 valence electrons. The third-order valence-electron chi connectivity index (χ3n) is 3.50. The van der Waals surface area contributed by atoms with Crippen LogP contribution in [0, 0.1) is 11.3 Å². The van der Waals surface area contributed by atoms with Crippen molar-refractivity contribution in [3.8, 4) is 6.07 Å². The first kappa shape index (κ1) is 14.2. The van der Waals surface area contributed by atoms with Crippen LogP contribution in [0.1, 0.15) is 21.7 Å². The van der Waals surface area contributed by atoms with E-state index in [2.05, 4.69) is 6.07 Å². The number of hydrogen-bond acceptors (Lipinski definition) is 5. The lowest BCUT2D eigenvalue weighted by Crippen LogP contribution is -2.09. The fourth-order valence-corrected chi connectivity index (χ4v) is 3.28. The summed E-state index contributed by atoms with van der Waals surface area (Å²) in [6.45, 7) is 0. The second-order valence-electron chi connectivity index (χ2n) is 4.66. The molecule has 0 atom stereocenters. The van der Waals surface area contributed by atoms with E-state index in [-0.39, 0.29) is 11.5 Å². The van der Waals surface area contributed by atoms with Crippen molar-refractivity contribution in [2.24, 2.45) is 0 Å². The van der Waals surface area contributed by atoms with Crippen LogP contribution < -0.4 is 5.73 Å². The number of thioether (sulfide) groups is 1. The van der Waals surface area contributed by atoms with E-state index in [1.807, 2.05) is 30.5 Å². The lowest BCUT2D eigenvalue weighted by molar-refractivity contribution is 0.101. The molecule has 0 radical (unpaired) electrons. The zero-order valence-electron chi connectivity index (χ0n) is 11.8. The molecule has 0 saturated carbocycles. The van der Waals surface area contributed by atoms with Crippen molar-refractivity contribution in [3.05, 3.63) is 59.5 Å². The Kier molecular flexibility index (Phi) is 3.61. The molecule has 0 aliphatic carbocycles. The number of nitriles is 1. The van der Waals surface area contributed by atoms with E-state index in [1.54, 1.807) is 12.1 Å². The first-order valence-electron chi connectivity index (χ1n) is 6.55. The summed E-state index contributed by atoms with van der Waals surface area (Å²) < 4.78 is 5.19. The van der Waals surface area contributed by atoms with Gasteiger partial charge in [0.1, 0.15) is 6.07 Å². The summed E-state index contributed by atoms with van der Waals surface area (Å²) in [5.41, 5.74) is 7.41. The van der Waals surface area contributed by atoms with Gasteiger partial charge in [0.25, 0.3) is 0 Å². The summed E-state index contributed by atoms with van der Waals surface area (Å²) in [6, 6.07) is 12.8. The Bertz CT molecular complexity index is 909. The van der Waals surface area contributed by atoms with Crippen molar-refractivity contribution in [1.82, 2.24) is 0 Å². The number of nitrogens with two attached hydrogens (primary N) is 1. The van der Waals surface area contributed by atoms with Crippen LogP contribution >= 0.6 is 11.8 Å². The number of nitrogens with zero attached hydrogens (tertiary/aromatic N) is 1. The number of rotatable bonds is 3. The molecule has 0 aliphatic heterocycles. The third kappa shape index (κ3) is 2.05. The van der Waals surface area contributed by atoms with Crippen LogP contribution in [0.4, 0.5) is 5.69 Å². The quantitative estimate of drug-likeness (QED) is 0.452. The van der Waals surface area contributed by atoms with E-state index in [9.17, 15) is 10.1 Å². The van der Waals surface area contributed by atoms with Gasteiger partial charge in [0, 0.05) is 15.7 Å². The molecule has 0 bridgehead atoms. The average molecular weight is 308 g/mol. The molecule has 22 heavy (non-hydrogen) atoms. The van der Waals surface area contributed by atoms with Crippen molar-refractivity contribution in [1.29, 1.82) is 5.26 Å². The van der Waals surface area contributed by atoms with Gasteiger partial charge in [0.2, 0.25) is 5.78 Å². The van der Waals surface area contributed by atoms with Crippen molar-refractivity contribution in [2.75, 3.05) is 12.0 Å². The second kappa shape index (κ2) is 5.58. The van der Waals surface area contributed by atoms with Gasteiger partial charge in [-0.3, -0.25) is 4.79 Å². The van der Waals surface area contributed by atoms with Crippen molar-refractivity contribution < 1.29 is 9.21 Å². The van der Waals surface area contributed by atoms with Gasteiger partial charge in [-0.25, -0.2) is 0 Å². The van der Waals surface area contributed by atoms with Crippen molar-refractivity contribution in [3.63, 3.8) is 0 Å². The predicted octanol–water partition coefficient (Wildman–Crippen LogP) is 3.84. The average Bonchev–Trinajstić information content (AvgIpc) is 3.08. The monoisotopic (exact) mass is 308 g/mol. The normalized spacial score (nSPS) is 10.5. The van der Waals surface area contributed by atoms with E-state index in [0.717, 1.165) is 5.39 Å². The fourth-order valence-electron chi connectivity index (χ4n) is 2.51. The minimum absolute atomic E-state index is 0.209. The minimum Gasteiger partial charge on any atom is -0.461 e. The highest BCUT2D eigenvalue weighted by Crippen LogP contribution is 2.38. The van der Waals surface area contributed by atoms with Crippen LogP contribution in [0.5, 0.6) is 0 Å². The first-order valence-corrected chi connectivity index (χ1v) is 7.78. The summed E-state index contributed by atoms with van der Waals surface area (Å²) in [7, 11) is 0. The van der Waals surface area contributed by atoms with Gasteiger partial charge in [-0.1, -0.05) is 24.3 Å². The summed E-state index contributed by atoms with van der Waals surface area (Å²) in [5, 5.41) is 11.0. The number of ketones is 1. The third-order valence-corrected chi connectivity index (χ3v) is 4.31. The van der Waals surface area contributed by atoms with Gasteiger partial charge >= 0.3 is 0 Å². The lowest BCUT2D eigenvalue weighted by Gasteiger charge is -2.14. The largest absolute Gasteiger partial charge is 0.461 e. The highest BCUT2D eigenvalue weighted by molar-refractivity contribution is 7.98. The Morgan fingerprint density at radius 1 is 1.23 bits per heavy atom. The molecule has 0 fully saturated rings. The van der Waals surface area contributed by atoms with Crippen LogP contribution in [0.2, 0.25) is 0 Å². The molecule has 2 aromatic carbocycles. The predicted molar refractivity (Wildman–Crippen MR) is 87.0 cm³/mol. The molecule has 0 aliphatic rings. The Labute approximate surface area is 131 Å². The van der Waals surface area contributed by atoms with Gasteiger partial charge in [0.15, 0.2) is 5.76 Å². The van der Waals surface area contributed by atoms with Crippen LogP contribution in [0.15, 0.2) is 52.0 Å². The second-order valence-corrected chi connectivity index (χ2v) is 5.48. The van der Waals surface area contributed by atoms with Crippen LogP contribution in [0.25, 0.3) is 10.8 Å². The molecule has 3 aromatic rings. The molecule has 1 heterocycles. The van der Waals surface area contributed by atoms with E-state index in [0.29, 0.717) is 27.1 Å². The number of carbonyl (C=O) groups excluding carboxylic acids is 1. The van der Waals surface area contributed by atoms with E-state index >= 15 is 0 Å². The van der Waals surface area contributed by atoms with E-state index in [4.69, 9.17) is 10.2 Å². The van der Waals surface area contributed by atoms with E-state index in [1.165, 1.54) is 18.0 Å². The minimum atomic E-state index is -0.311. The number of benzene rings is 2. The Morgan fingerprint density at radius 3 is 2.55 bits per heavy atom. The summed E-state index contributed by atoms with van der Waals surface area (Å²) >= 11 is 1.34. The Balaban J connectivity index is 2.41. The zero-order valence-corrected chi connectivity index (χ0v) is 12.6. The van der Waals surface area contributed by atoms with Crippen molar-refractivity contribution in [2.45, 2.75) is 4.90 Å². The SMILES string of the molecule is CSc1c(C(=O)c2ccco2)c(N)c2ccccc2c1C#N. The molecule has 0 amide bonds. The van der Waals surface area contributed by atoms with Gasteiger partial charge < -0.3 is 10.2 Å². The standard InChI is InChI=1S/C17H12N2O2S/c1-22-17-12(9-18)10-5-2-3-6-11(10)15(19)14(17)16(20)13-7-4-8-21-13/h2-8H,19H2,1H3. The maximum atomic E-state index is 12.7. The molecule has 0 saturated heterocycles. The zero-order chi connectivity index (χ0) is 15.7. The van der Waals surface area contributed by atoms with E-state index < -0.39 is 0 Å². The maximum Gasteiger partial charge on any atom is 0.231 e. The number of anilines is 1. The molecular weight excluding hydrogens is 296 g/mol. The molecule has 0 spiro atoms. The number of fused-ring (bicyclic) bond motifs is 1. The highest BCUT2D eigenvalue weighted by Gasteiger charge is 2.24. The highest BCUT2D eigenvalue weighted by atomic mass is 32.2.